The average molecular weight is 389 g/mol. The maximum atomic E-state index is 12.2. The van der Waals surface area contributed by atoms with E-state index >= 15 is 0 Å². The van der Waals surface area contributed by atoms with Crippen LogP contribution in [0.2, 0.25) is 0 Å². The summed E-state index contributed by atoms with van der Waals surface area (Å²) in [5, 5.41) is 5.90. The predicted octanol–water partition coefficient (Wildman–Crippen LogP) is 4.51. The first-order valence-electron chi connectivity index (χ1n) is 9.22. The van der Waals surface area contributed by atoms with Crippen LogP contribution >= 0.6 is 0 Å². The topological polar surface area (TPSA) is 70.7 Å². The Morgan fingerprint density at radius 3 is 2.03 bits per heavy atom. The van der Waals surface area contributed by atoms with Gasteiger partial charge < -0.3 is 20.3 Å². The molecule has 0 aliphatic rings. The van der Waals surface area contributed by atoms with Crippen molar-refractivity contribution in [2.75, 3.05) is 29.1 Å². The molecule has 0 bridgehead atoms. The van der Waals surface area contributed by atoms with E-state index in [4.69, 9.17) is 4.74 Å². The van der Waals surface area contributed by atoms with Crippen molar-refractivity contribution in [1.82, 2.24) is 0 Å². The van der Waals surface area contributed by atoms with Gasteiger partial charge >= 0.3 is 0 Å². The molecule has 3 aromatic carbocycles. The molecule has 148 valence electrons. The Balaban J connectivity index is 1.48. The Labute approximate surface area is 170 Å². The fraction of sp³-hybridized carbons (Fsp3) is 0.130. The second-order valence-electron chi connectivity index (χ2n) is 6.47. The summed E-state index contributed by atoms with van der Waals surface area (Å²) in [5.74, 6) is 1.28. The van der Waals surface area contributed by atoms with Crippen LogP contribution in [-0.2, 0) is 9.59 Å². The van der Waals surface area contributed by atoms with Gasteiger partial charge in [0, 0.05) is 31.0 Å². The lowest BCUT2D eigenvalue weighted by molar-refractivity contribution is -0.116. The standard InChI is InChI=1S/C23H23N3O3/c1-17(27)26(2)20-12-8-19(9-13-20)25-23(28)16-24-18-10-14-22(15-11-18)29-21-6-4-3-5-7-21/h3-15,24H,16H2,1-2H3,(H,25,28). The smallest absolute Gasteiger partial charge is 0.243 e. The molecule has 0 saturated carbocycles. The SMILES string of the molecule is CC(=O)N(C)c1ccc(NC(=O)CNc2ccc(Oc3ccccc3)cc2)cc1. The number of para-hydroxylation sites is 1. The molecule has 0 heterocycles. The van der Waals surface area contributed by atoms with Gasteiger partial charge in [-0.1, -0.05) is 18.2 Å². The van der Waals surface area contributed by atoms with E-state index in [2.05, 4.69) is 10.6 Å². The first-order valence-corrected chi connectivity index (χ1v) is 9.22. The van der Waals surface area contributed by atoms with E-state index in [1.165, 1.54) is 6.92 Å². The third-order valence-corrected chi connectivity index (χ3v) is 4.30. The second kappa shape index (κ2) is 9.41. The van der Waals surface area contributed by atoms with Crippen molar-refractivity contribution in [3.63, 3.8) is 0 Å². The van der Waals surface area contributed by atoms with Gasteiger partial charge in [0.1, 0.15) is 11.5 Å². The van der Waals surface area contributed by atoms with Gasteiger partial charge in [0.15, 0.2) is 0 Å². The third-order valence-electron chi connectivity index (χ3n) is 4.30. The molecule has 0 aliphatic heterocycles. The Morgan fingerprint density at radius 1 is 0.828 bits per heavy atom. The molecule has 2 N–H and O–H groups in total. The second-order valence-corrected chi connectivity index (χ2v) is 6.47. The highest BCUT2D eigenvalue weighted by Gasteiger charge is 2.07. The number of benzene rings is 3. The number of amides is 2. The molecule has 0 unspecified atom stereocenters. The highest BCUT2D eigenvalue weighted by atomic mass is 16.5. The van der Waals surface area contributed by atoms with Crippen LogP contribution in [0.25, 0.3) is 0 Å². The summed E-state index contributed by atoms with van der Waals surface area (Å²) in [7, 11) is 1.70. The quantitative estimate of drug-likeness (QED) is 0.624. The molecule has 6 heteroatoms. The fourth-order valence-electron chi connectivity index (χ4n) is 2.60. The molecular formula is C23H23N3O3. The summed E-state index contributed by atoms with van der Waals surface area (Å²) in [6, 6.07) is 24.1. The molecule has 3 rings (SSSR count). The minimum Gasteiger partial charge on any atom is -0.457 e. The van der Waals surface area contributed by atoms with E-state index < -0.39 is 0 Å². The molecule has 0 radical (unpaired) electrons. The van der Waals surface area contributed by atoms with Crippen LogP contribution < -0.4 is 20.3 Å². The lowest BCUT2D eigenvalue weighted by Crippen LogP contribution is -2.23. The van der Waals surface area contributed by atoms with Crippen LogP contribution in [-0.4, -0.2) is 25.4 Å². The van der Waals surface area contributed by atoms with Gasteiger partial charge in [0.25, 0.3) is 0 Å². The number of hydrogen-bond acceptors (Lipinski definition) is 4. The summed E-state index contributed by atoms with van der Waals surface area (Å²) < 4.78 is 5.75. The molecule has 0 atom stereocenters. The van der Waals surface area contributed by atoms with Gasteiger partial charge in [-0.15, -0.1) is 0 Å². The molecule has 0 spiro atoms. The summed E-state index contributed by atoms with van der Waals surface area (Å²) in [4.78, 5) is 25.1. The maximum Gasteiger partial charge on any atom is 0.243 e. The highest BCUT2D eigenvalue weighted by molar-refractivity contribution is 5.94. The summed E-state index contributed by atoms with van der Waals surface area (Å²) in [6.07, 6.45) is 0. The average Bonchev–Trinajstić information content (AvgIpc) is 2.74. The number of hydrogen-bond donors (Lipinski definition) is 2. The number of anilines is 3. The van der Waals surface area contributed by atoms with Crippen LogP contribution in [0.4, 0.5) is 17.1 Å². The van der Waals surface area contributed by atoms with Crippen molar-refractivity contribution in [3.05, 3.63) is 78.9 Å². The third kappa shape index (κ3) is 5.84. The molecule has 0 aromatic heterocycles. The number of ether oxygens (including phenoxy) is 1. The molecular weight excluding hydrogens is 366 g/mol. The predicted molar refractivity (Wildman–Crippen MR) is 116 cm³/mol. The molecule has 29 heavy (non-hydrogen) atoms. The molecule has 3 aromatic rings. The number of nitrogens with zero attached hydrogens (tertiary/aromatic N) is 1. The van der Waals surface area contributed by atoms with Gasteiger partial charge in [-0.3, -0.25) is 9.59 Å². The Bertz CT molecular complexity index is 955. The molecule has 2 amide bonds. The lowest BCUT2D eigenvalue weighted by atomic mass is 10.2. The zero-order valence-corrected chi connectivity index (χ0v) is 16.4. The van der Waals surface area contributed by atoms with E-state index in [0.717, 1.165) is 22.9 Å². The highest BCUT2D eigenvalue weighted by Crippen LogP contribution is 2.22. The Hall–Kier alpha value is -3.80. The van der Waals surface area contributed by atoms with E-state index in [1.807, 2.05) is 54.6 Å². The first-order chi connectivity index (χ1) is 14.0. The zero-order chi connectivity index (χ0) is 20.6. The summed E-state index contributed by atoms with van der Waals surface area (Å²) in [5.41, 5.74) is 2.26. The van der Waals surface area contributed by atoms with Gasteiger partial charge in [0.05, 0.1) is 6.54 Å². The number of nitrogens with one attached hydrogen (secondary N) is 2. The van der Waals surface area contributed by atoms with Gasteiger partial charge in [-0.25, -0.2) is 0 Å². The van der Waals surface area contributed by atoms with Gasteiger partial charge in [-0.05, 0) is 60.7 Å². The molecule has 0 saturated heterocycles. The molecule has 6 nitrogen and oxygen atoms in total. The largest absolute Gasteiger partial charge is 0.457 e. The van der Waals surface area contributed by atoms with Crippen LogP contribution in [0.3, 0.4) is 0 Å². The van der Waals surface area contributed by atoms with Crippen molar-refractivity contribution in [1.29, 1.82) is 0 Å². The van der Waals surface area contributed by atoms with Crippen molar-refractivity contribution >= 4 is 28.9 Å². The molecule has 0 fully saturated rings. The molecule has 0 aliphatic carbocycles. The minimum absolute atomic E-state index is 0.0498. The first kappa shape index (κ1) is 19.9. The number of carbonyl (C=O) groups excluding carboxylic acids is 2. The van der Waals surface area contributed by atoms with Gasteiger partial charge in [0.2, 0.25) is 11.8 Å². The fourth-order valence-corrected chi connectivity index (χ4v) is 2.60. The normalized spacial score (nSPS) is 10.1. The minimum atomic E-state index is -0.165. The number of rotatable bonds is 7. The van der Waals surface area contributed by atoms with Crippen molar-refractivity contribution in [3.8, 4) is 11.5 Å². The van der Waals surface area contributed by atoms with E-state index in [0.29, 0.717) is 5.69 Å². The van der Waals surface area contributed by atoms with Crippen molar-refractivity contribution in [2.24, 2.45) is 0 Å². The van der Waals surface area contributed by atoms with E-state index in [-0.39, 0.29) is 18.4 Å². The lowest BCUT2D eigenvalue weighted by Gasteiger charge is -2.15. The Morgan fingerprint density at radius 2 is 1.41 bits per heavy atom. The van der Waals surface area contributed by atoms with Crippen LogP contribution in [0, 0.1) is 0 Å². The zero-order valence-electron chi connectivity index (χ0n) is 16.4. The van der Waals surface area contributed by atoms with Crippen LogP contribution in [0.5, 0.6) is 11.5 Å². The number of carbonyl (C=O) groups is 2. The van der Waals surface area contributed by atoms with E-state index in [9.17, 15) is 9.59 Å². The van der Waals surface area contributed by atoms with E-state index in [1.54, 1.807) is 36.2 Å². The van der Waals surface area contributed by atoms with Crippen molar-refractivity contribution < 1.29 is 14.3 Å². The summed E-state index contributed by atoms with van der Waals surface area (Å²) in [6.45, 7) is 1.63. The van der Waals surface area contributed by atoms with Gasteiger partial charge in [-0.2, -0.15) is 0 Å². The maximum absolute atomic E-state index is 12.2. The monoisotopic (exact) mass is 389 g/mol. The van der Waals surface area contributed by atoms with Crippen LogP contribution in [0.1, 0.15) is 6.92 Å². The van der Waals surface area contributed by atoms with Crippen molar-refractivity contribution in [2.45, 2.75) is 6.92 Å². The van der Waals surface area contributed by atoms with Crippen LogP contribution in [0.15, 0.2) is 78.9 Å². The summed E-state index contributed by atoms with van der Waals surface area (Å²) >= 11 is 0. The Kier molecular flexibility index (Phi) is 6.47.